The van der Waals surface area contributed by atoms with Crippen LogP contribution in [0.25, 0.3) is 11.1 Å². The van der Waals surface area contributed by atoms with E-state index in [1.54, 1.807) is 0 Å². The first kappa shape index (κ1) is 38.3. The summed E-state index contributed by atoms with van der Waals surface area (Å²) in [5, 5.41) is 20.9. The first-order valence-corrected chi connectivity index (χ1v) is 15.9. The zero-order valence-electron chi connectivity index (χ0n) is 26.3. The molecule has 0 heterocycles. The lowest BCUT2D eigenvalue weighted by atomic mass is 9.81. The molecule has 9 N–H and O–H groups in total. The van der Waals surface area contributed by atoms with Crippen molar-refractivity contribution in [3.8, 4) is 11.1 Å². The van der Waals surface area contributed by atoms with Gasteiger partial charge in [0.1, 0.15) is 0 Å². The van der Waals surface area contributed by atoms with Crippen LogP contribution < -0.4 is 17.2 Å². The maximum Gasteiger partial charge on any atom is 0.0433 e. The highest BCUT2D eigenvalue weighted by atomic mass is 14.7. The maximum atomic E-state index is 7.08. The Labute approximate surface area is 251 Å². The van der Waals surface area contributed by atoms with Gasteiger partial charge in [0, 0.05) is 36.8 Å². The van der Waals surface area contributed by atoms with Crippen LogP contribution in [0.3, 0.4) is 0 Å². The summed E-state index contributed by atoms with van der Waals surface area (Å²) in [5.74, 6) is 1.64. The molecule has 230 valence electrons. The summed E-state index contributed by atoms with van der Waals surface area (Å²) in [5.41, 5.74) is 20.5. The predicted octanol–water partition coefficient (Wildman–Crippen LogP) is 8.01. The van der Waals surface area contributed by atoms with Gasteiger partial charge in [-0.25, -0.2) is 0 Å². The molecule has 6 heteroatoms. The van der Waals surface area contributed by atoms with Crippen LogP contribution in [0.1, 0.15) is 97.5 Å². The lowest BCUT2D eigenvalue weighted by Crippen LogP contribution is -2.27. The van der Waals surface area contributed by atoms with E-state index in [4.69, 9.17) is 33.4 Å². The molecule has 0 saturated heterocycles. The Morgan fingerprint density at radius 3 is 1.39 bits per heavy atom. The second kappa shape index (κ2) is 25.1. The largest absolute Gasteiger partial charge is 0.323 e. The summed E-state index contributed by atoms with van der Waals surface area (Å²) in [6.45, 7) is 8.00. The third-order valence-corrected chi connectivity index (χ3v) is 7.34. The van der Waals surface area contributed by atoms with Gasteiger partial charge in [0.15, 0.2) is 0 Å². The molecular weight excluding hydrogens is 504 g/mol. The Kier molecular flexibility index (Phi) is 23.4. The maximum absolute atomic E-state index is 7.08. The second-order valence-corrected chi connectivity index (χ2v) is 10.5. The van der Waals surface area contributed by atoms with Gasteiger partial charge in [-0.1, -0.05) is 134 Å². The van der Waals surface area contributed by atoms with Crippen LogP contribution in [0.5, 0.6) is 0 Å². The smallest absolute Gasteiger partial charge is 0.0433 e. The first-order valence-electron chi connectivity index (χ1n) is 15.9. The molecule has 2 aromatic rings. The number of rotatable bonds is 10. The Balaban J connectivity index is 0.000000580. The molecule has 0 bridgehead atoms. The summed E-state index contributed by atoms with van der Waals surface area (Å²) >= 11 is 0. The number of hydrogen-bond acceptors (Lipinski definition) is 6. The van der Waals surface area contributed by atoms with E-state index in [9.17, 15) is 0 Å². The Bertz CT molecular complexity index is 889. The van der Waals surface area contributed by atoms with Gasteiger partial charge in [0.25, 0.3) is 0 Å². The molecule has 0 aliphatic heterocycles. The lowest BCUT2D eigenvalue weighted by molar-refractivity contribution is 0.291. The van der Waals surface area contributed by atoms with Crippen molar-refractivity contribution in [2.24, 2.45) is 29.0 Å². The molecule has 0 amide bonds. The van der Waals surface area contributed by atoms with Crippen molar-refractivity contribution in [3.05, 3.63) is 60.2 Å². The van der Waals surface area contributed by atoms with Crippen LogP contribution >= 0.6 is 0 Å². The summed E-state index contributed by atoms with van der Waals surface area (Å²) in [7, 11) is 0. The van der Waals surface area contributed by atoms with Crippen LogP contribution in [0.4, 0.5) is 0 Å². The van der Waals surface area contributed by atoms with Crippen LogP contribution in [0, 0.1) is 28.1 Å². The van der Waals surface area contributed by atoms with E-state index in [-0.39, 0.29) is 18.1 Å². The van der Waals surface area contributed by atoms with Gasteiger partial charge in [-0.05, 0) is 47.8 Å². The average Bonchev–Trinajstić information content (AvgIpc) is 3.02. The fraction of sp³-hybridized carbons (Fsp3) is 0.571. The fourth-order valence-electron chi connectivity index (χ4n) is 4.85. The van der Waals surface area contributed by atoms with Crippen LogP contribution in [0.15, 0.2) is 54.6 Å². The van der Waals surface area contributed by atoms with E-state index >= 15 is 0 Å². The number of benzene rings is 2. The van der Waals surface area contributed by atoms with Gasteiger partial charge in [-0.2, -0.15) is 0 Å². The van der Waals surface area contributed by atoms with Gasteiger partial charge < -0.3 is 33.4 Å². The van der Waals surface area contributed by atoms with Crippen molar-refractivity contribution in [2.45, 2.75) is 116 Å². The highest BCUT2D eigenvalue weighted by Crippen LogP contribution is 2.29. The van der Waals surface area contributed by atoms with Crippen molar-refractivity contribution in [2.75, 3.05) is 0 Å². The van der Waals surface area contributed by atoms with E-state index in [1.165, 1.54) is 86.7 Å². The van der Waals surface area contributed by atoms with E-state index in [0.717, 1.165) is 31.1 Å². The highest BCUT2D eigenvalue weighted by Gasteiger charge is 2.18. The third-order valence-electron chi connectivity index (χ3n) is 7.34. The minimum absolute atomic E-state index is 0.0121. The third kappa shape index (κ3) is 17.7. The predicted molar refractivity (Wildman–Crippen MR) is 182 cm³/mol. The molecule has 3 atom stereocenters. The summed E-state index contributed by atoms with van der Waals surface area (Å²) in [6, 6.07) is 18.5. The fourth-order valence-corrected chi connectivity index (χ4v) is 4.85. The normalized spacial score (nSPS) is 16.5. The SMILES string of the molecule is CC.CC.N=CC(N)Cc1ccc(-c2ccccc2)cc1.N=C[C@@H](N)CC1CCC1.N=C[C@@H](N)CC1CCCCC1. The van der Waals surface area contributed by atoms with Crippen molar-refractivity contribution in [1.29, 1.82) is 16.2 Å². The topological polar surface area (TPSA) is 150 Å². The minimum atomic E-state index is -0.183. The monoisotopic (exact) mass is 564 g/mol. The van der Waals surface area contributed by atoms with Crippen molar-refractivity contribution >= 4 is 18.6 Å². The second-order valence-electron chi connectivity index (χ2n) is 10.5. The summed E-state index contributed by atoms with van der Waals surface area (Å²) in [4.78, 5) is 0. The van der Waals surface area contributed by atoms with Gasteiger partial charge in [-0.15, -0.1) is 0 Å². The lowest BCUT2D eigenvalue weighted by Gasteiger charge is -2.26. The molecule has 41 heavy (non-hydrogen) atoms. The number of nitrogens with one attached hydrogen (secondary N) is 3. The highest BCUT2D eigenvalue weighted by molar-refractivity contribution is 5.64. The van der Waals surface area contributed by atoms with Crippen LogP contribution in [-0.4, -0.2) is 36.8 Å². The van der Waals surface area contributed by atoms with Crippen molar-refractivity contribution in [3.63, 3.8) is 0 Å². The molecule has 0 spiro atoms. The zero-order valence-corrected chi connectivity index (χ0v) is 26.3. The number of nitrogens with two attached hydrogens (primary N) is 3. The molecule has 2 aliphatic rings. The Morgan fingerprint density at radius 1 is 0.585 bits per heavy atom. The van der Waals surface area contributed by atoms with Gasteiger partial charge in [0.05, 0.1) is 0 Å². The molecule has 4 rings (SSSR count). The molecule has 0 radical (unpaired) electrons. The molecule has 2 saturated carbocycles. The standard InChI is InChI=1S/C15H16N2.C9H18N2.C7H14N2.2C2H6/c16-11-15(17)10-12-6-8-14(9-7-12)13-4-2-1-3-5-13;10-7-9(11)6-8-4-2-1-3-5-8;8-5-7(9)4-6-2-1-3-6;2*1-2/h1-9,11,15-16H,10,17H2;7-10H,1-6,11H2;5-8H,1-4,9H2;2*1-2H3/t;9-;7-;;/m.00../s1. The van der Waals surface area contributed by atoms with Gasteiger partial charge in [0.2, 0.25) is 0 Å². The van der Waals surface area contributed by atoms with E-state index < -0.39 is 0 Å². The molecule has 1 unspecified atom stereocenters. The number of hydrogen-bond donors (Lipinski definition) is 6. The van der Waals surface area contributed by atoms with E-state index in [0.29, 0.717) is 0 Å². The Morgan fingerprint density at radius 2 is 1.00 bits per heavy atom. The quantitative estimate of drug-likeness (QED) is 0.162. The van der Waals surface area contributed by atoms with E-state index in [1.807, 2.05) is 45.9 Å². The average molecular weight is 565 g/mol. The summed E-state index contributed by atoms with van der Waals surface area (Å²) < 4.78 is 0. The van der Waals surface area contributed by atoms with Crippen LogP contribution in [0.2, 0.25) is 0 Å². The molecule has 6 nitrogen and oxygen atoms in total. The molecule has 2 fully saturated rings. The minimum Gasteiger partial charge on any atom is -0.323 e. The van der Waals surface area contributed by atoms with Gasteiger partial charge in [-0.3, -0.25) is 0 Å². The summed E-state index contributed by atoms with van der Waals surface area (Å²) in [6.07, 6.45) is 17.6. The molecule has 2 aromatic carbocycles. The van der Waals surface area contributed by atoms with Crippen molar-refractivity contribution in [1.82, 2.24) is 0 Å². The molecule has 2 aliphatic carbocycles. The zero-order chi connectivity index (χ0) is 30.9. The molecular formula is C35H60N6. The molecule has 0 aromatic heterocycles. The van der Waals surface area contributed by atoms with Crippen LogP contribution in [-0.2, 0) is 6.42 Å². The van der Waals surface area contributed by atoms with E-state index in [2.05, 4.69) is 36.4 Å². The first-order chi connectivity index (χ1) is 19.9. The van der Waals surface area contributed by atoms with Gasteiger partial charge >= 0.3 is 0 Å². The van der Waals surface area contributed by atoms with Crippen molar-refractivity contribution < 1.29 is 0 Å². The Hall–Kier alpha value is -2.67.